The van der Waals surface area contributed by atoms with E-state index in [-0.39, 0.29) is 18.4 Å². The van der Waals surface area contributed by atoms with E-state index >= 15 is 0 Å². The second-order valence-electron chi connectivity index (χ2n) is 5.90. The van der Waals surface area contributed by atoms with Crippen LogP contribution >= 0.6 is 0 Å². The molecule has 0 aromatic carbocycles. The first kappa shape index (κ1) is 16.7. The van der Waals surface area contributed by atoms with Crippen molar-refractivity contribution in [3.05, 3.63) is 0 Å². The molecule has 20 heavy (non-hydrogen) atoms. The maximum Gasteiger partial charge on any atom is 0.332 e. The maximum atomic E-state index is 11.9. The molecule has 0 saturated carbocycles. The summed E-state index contributed by atoms with van der Waals surface area (Å²) in [6.07, 6.45) is 1.08. The minimum Gasteiger partial charge on any atom is -0.479 e. The molecular weight excluding hydrogens is 264 g/mol. The lowest BCUT2D eigenvalue weighted by atomic mass is 9.90. The number of urea groups is 1. The molecule has 1 atom stereocenters. The average molecular weight is 288 g/mol. The van der Waals surface area contributed by atoms with Crippen molar-refractivity contribution < 1.29 is 24.2 Å². The summed E-state index contributed by atoms with van der Waals surface area (Å²) in [7, 11) is 1.63. The summed E-state index contributed by atoms with van der Waals surface area (Å²) in [5, 5.41) is 14.4. The molecule has 0 aromatic rings. The van der Waals surface area contributed by atoms with E-state index in [2.05, 4.69) is 10.6 Å². The fraction of sp³-hybridized carbons (Fsp3) is 0.846. The largest absolute Gasteiger partial charge is 0.479 e. The summed E-state index contributed by atoms with van der Waals surface area (Å²) < 4.78 is 10.1. The molecule has 0 aliphatic carbocycles. The fourth-order valence-corrected chi connectivity index (χ4v) is 1.93. The number of rotatable bonds is 7. The molecule has 1 aliphatic heterocycles. The van der Waals surface area contributed by atoms with E-state index in [0.29, 0.717) is 19.8 Å². The molecule has 1 saturated heterocycles. The van der Waals surface area contributed by atoms with Gasteiger partial charge in [0.05, 0.1) is 6.61 Å². The minimum atomic E-state index is -1.30. The van der Waals surface area contributed by atoms with E-state index < -0.39 is 17.5 Å². The molecule has 0 aromatic heterocycles. The van der Waals surface area contributed by atoms with E-state index in [1.165, 1.54) is 0 Å². The topological polar surface area (TPSA) is 96.9 Å². The van der Waals surface area contributed by atoms with Crippen LogP contribution < -0.4 is 10.6 Å². The lowest BCUT2D eigenvalue weighted by Crippen LogP contribution is -2.58. The summed E-state index contributed by atoms with van der Waals surface area (Å²) in [5.41, 5.74) is -1.42. The Kier molecular flexibility index (Phi) is 5.76. The molecule has 1 unspecified atom stereocenters. The molecular formula is C13H24N2O5. The molecule has 7 heteroatoms. The molecule has 0 spiro atoms. The molecule has 3 N–H and O–H groups in total. The molecule has 1 rings (SSSR count). The van der Waals surface area contributed by atoms with E-state index in [4.69, 9.17) is 9.47 Å². The number of hydrogen-bond donors (Lipinski definition) is 3. The van der Waals surface area contributed by atoms with Gasteiger partial charge in [-0.3, -0.25) is 0 Å². The number of carbonyl (C=O) groups excluding carboxylic acids is 1. The second-order valence-corrected chi connectivity index (χ2v) is 5.90. The number of carboxylic acid groups (broad SMARTS) is 1. The normalized spacial score (nSPS) is 22.6. The van der Waals surface area contributed by atoms with Gasteiger partial charge in [0, 0.05) is 33.3 Å². The number of carbonyl (C=O) groups is 2. The Morgan fingerprint density at radius 2 is 2.15 bits per heavy atom. The summed E-state index contributed by atoms with van der Waals surface area (Å²) in [6.45, 7) is 5.42. The third-order valence-electron chi connectivity index (χ3n) is 3.49. The van der Waals surface area contributed by atoms with Crippen LogP contribution in [0.25, 0.3) is 0 Å². The smallest absolute Gasteiger partial charge is 0.332 e. The van der Waals surface area contributed by atoms with Crippen LogP contribution in [-0.2, 0) is 14.3 Å². The van der Waals surface area contributed by atoms with Crippen molar-refractivity contribution >= 4 is 12.0 Å². The quantitative estimate of drug-likeness (QED) is 0.637. The Morgan fingerprint density at radius 3 is 2.65 bits per heavy atom. The zero-order valence-corrected chi connectivity index (χ0v) is 12.3. The van der Waals surface area contributed by atoms with Crippen molar-refractivity contribution in [3.63, 3.8) is 0 Å². The van der Waals surface area contributed by atoms with Gasteiger partial charge in [0.1, 0.15) is 0 Å². The number of hydrogen-bond acceptors (Lipinski definition) is 4. The zero-order valence-electron chi connectivity index (χ0n) is 12.3. The van der Waals surface area contributed by atoms with E-state index in [9.17, 15) is 14.7 Å². The summed E-state index contributed by atoms with van der Waals surface area (Å²) in [5.74, 6) is -1.07. The van der Waals surface area contributed by atoms with E-state index in [0.717, 1.165) is 6.42 Å². The molecule has 2 amide bonds. The summed E-state index contributed by atoms with van der Waals surface area (Å²) in [6, 6.07) is -0.483. The number of nitrogens with one attached hydrogen (secondary N) is 2. The molecule has 1 heterocycles. The lowest BCUT2D eigenvalue weighted by molar-refractivity contribution is -0.144. The Morgan fingerprint density at radius 1 is 1.45 bits per heavy atom. The first-order valence-corrected chi connectivity index (χ1v) is 6.67. The van der Waals surface area contributed by atoms with Crippen LogP contribution in [0.15, 0.2) is 0 Å². The van der Waals surface area contributed by atoms with E-state index in [1.807, 2.05) is 13.8 Å². The van der Waals surface area contributed by atoms with E-state index in [1.54, 1.807) is 7.11 Å². The first-order chi connectivity index (χ1) is 9.31. The molecule has 1 aliphatic rings. The molecule has 1 fully saturated rings. The predicted octanol–water partition coefficient (Wildman–Crippen LogP) is 0.592. The zero-order chi connectivity index (χ0) is 15.2. The van der Waals surface area contributed by atoms with Crippen molar-refractivity contribution in [1.29, 1.82) is 0 Å². The Bertz CT molecular complexity index is 351. The fourth-order valence-electron chi connectivity index (χ4n) is 1.93. The van der Waals surface area contributed by atoms with Crippen molar-refractivity contribution in [2.24, 2.45) is 5.41 Å². The van der Waals surface area contributed by atoms with Gasteiger partial charge < -0.3 is 25.2 Å². The van der Waals surface area contributed by atoms with Crippen LogP contribution in [-0.4, -0.2) is 56.1 Å². The Balaban J connectivity index is 2.45. The van der Waals surface area contributed by atoms with Crippen LogP contribution in [0, 0.1) is 5.41 Å². The van der Waals surface area contributed by atoms with Gasteiger partial charge in [-0.1, -0.05) is 13.8 Å². The molecule has 0 bridgehead atoms. The molecule has 0 radical (unpaired) electrons. The van der Waals surface area contributed by atoms with Crippen molar-refractivity contribution in [2.75, 3.05) is 33.5 Å². The highest BCUT2D eigenvalue weighted by Gasteiger charge is 2.44. The third kappa shape index (κ3) is 4.64. The van der Waals surface area contributed by atoms with Gasteiger partial charge in [-0.25, -0.2) is 9.59 Å². The van der Waals surface area contributed by atoms with Gasteiger partial charge in [-0.15, -0.1) is 0 Å². The Labute approximate surface area is 119 Å². The van der Waals surface area contributed by atoms with Crippen LogP contribution in [0.2, 0.25) is 0 Å². The third-order valence-corrected chi connectivity index (χ3v) is 3.49. The number of carboxylic acids is 1. The van der Waals surface area contributed by atoms with Crippen LogP contribution in [0.4, 0.5) is 4.79 Å². The Hall–Kier alpha value is -1.34. The van der Waals surface area contributed by atoms with Gasteiger partial charge in [-0.2, -0.15) is 0 Å². The summed E-state index contributed by atoms with van der Waals surface area (Å²) >= 11 is 0. The van der Waals surface area contributed by atoms with Crippen LogP contribution in [0.5, 0.6) is 0 Å². The van der Waals surface area contributed by atoms with Crippen LogP contribution in [0.3, 0.4) is 0 Å². The SMILES string of the molecule is COCCC(C)(C)CNC(=O)NC1(C(=O)O)CCOC1. The van der Waals surface area contributed by atoms with Crippen LogP contribution in [0.1, 0.15) is 26.7 Å². The minimum absolute atomic E-state index is 0.00280. The van der Waals surface area contributed by atoms with Gasteiger partial charge in [0.2, 0.25) is 0 Å². The standard InChI is InChI=1S/C13H24N2O5/c1-12(2,4-6-19-3)8-14-11(18)15-13(10(16)17)5-7-20-9-13/h4-9H2,1-3H3,(H,16,17)(H2,14,15,18). The molecule has 116 valence electrons. The van der Waals surface area contributed by atoms with Gasteiger partial charge in [0.15, 0.2) is 5.54 Å². The summed E-state index contributed by atoms with van der Waals surface area (Å²) in [4.78, 5) is 23.1. The van der Waals surface area contributed by atoms with Crippen molar-refractivity contribution in [1.82, 2.24) is 10.6 Å². The van der Waals surface area contributed by atoms with Gasteiger partial charge in [0.25, 0.3) is 0 Å². The highest BCUT2D eigenvalue weighted by atomic mass is 16.5. The number of ether oxygens (including phenoxy) is 2. The maximum absolute atomic E-state index is 11.9. The molecule has 7 nitrogen and oxygen atoms in total. The first-order valence-electron chi connectivity index (χ1n) is 6.67. The number of methoxy groups -OCH3 is 1. The number of amides is 2. The second kappa shape index (κ2) is 6.90. The highest BCUT2D eigenvalue weighted by Crippen LogP contribution is 2.20. The average Bonchev–Trinajstić information content (AvgIpc) is 2.84. The predicted molar refractivity (Wildman–Crippen MR) is 72.6 cm³/mol. The van der Waals surface area contributed by atoms with Crippen molar-refractivity contribution in [3.8, 4) is 0 Å². The highest BCUT2D eigenvalue weighted by molar-refractivity contribution is 5.86. The monoisotopic (exact) mass is 288 g/mol. The van der Waals surface area contributed by atoms with Crippen molar-refractivity contribution in [2.45, 2.75) is 32.2 Å². The number of aliphatic carboxylic acids is 1. The van der Waals surface area contributed by atoms with Gasteiger partial charge >= 0.3 is 12.0 Å². The lowest BCUT2D eigenvalue weighted by Gasteiger charge is -2.27. The van der Waals surface area contributed by atoms with Gasteiger partial charge in [-0.05, 0) is 11.8 Å².